The fourth-order valence-corrected chi connectivity index (χ4v) is 3.42. The number of fused-ring (bicyclic) bond motifs is 1. The number of ether oxygens (including phenoxy) is 3. The average molecular weight is 441 g/mol. The van der Waals surface area contributed by atoms with Gasteiger partial charge in [-0.05, 0) is 30.3 Å². The minimum Gasteiger partial charge on any atom is -0.482 e. The molecule has 1 fully saturated rings. The van der Waals surface area contributed by atoms with Crippen LogP contribution in [0.15, 0.2) is 36.4 Å². The van der Waals surface area contributed by atoms with Gasteiger partial charge in [0.25, 0.3) is 11.6 Å². The van der Waals surface area contributed by atoms with Crippen molar-refractivity contribution in [3.63, 3.8) is 0 Å². The zero-order chi connectivity index (χ0) is 22.7. The molecule has 2 aliphatic heterocycles. The molecule has 1 amide bonds. The molecule has 1 N–H and O–H groups in total. The van der Waals surface area contributed by atoms with E-state index in [0.29, 0.717) is 43.4 Å². The molecule has 0 aliphatic carbocycles. The van der Waals surface area contributed by atoms with Crippen LogP contribution >= 0.6 is 0 Å². The third-order valence-electron chi connectivity index (χ3n) is 5.03. The number of carbonyl (C=O) groups excluding carboxylic acids is 3. The Morgan fingerprint density at radius 2 is 1.88 bits per heavy atom. The van der Waals surface area contributed by atoms with Gasteiger partial charge in [0.1, 0.15) is 11.4 Å². The summed E-state index contributed by atoms with van der Waals surface area (Å²) in [5, 5.41) is 14.1. The number of carbonyl (C=O) groups is 3. The second-order valence-corrected chi connectivity index (χ2v) is 7.11. The molecule has 0 atom stereocenters. The van der Waals surface area contributed by atoms with E-state index in [-0.39, 0.29) is 29.3 Å². The lowest BCUT2D eigenvalue weighted by Gasteiger charge is -2.28. The molecule has 1 saturated heterocycles. The molecule has 166 valence electrons. The molecule has 2 heterocycles. The number of Topliss-reactive ketones (excluding diaryl/α,β-unsaturated/α-hetero) is 1. The number of morpholine rings is 1. The standard InChI is InChI=1S/C21H19N3O8/c25-18(13-2-4-19-15(9-13)22-20(26)12-31-19)11-32-21(27)14-1-3-16(17(10-14)24(28)29)23-5-7-30-8-6-23/h1-4,9-10H,5-8,11-12H2,(H,22,26). The molecule has 4 rings (SSSR count). The van der Waals surface area contributed by atoms with Crippen molar-refractivity contribution in [2.45, 2.75) is 0 Å². The van der Waals surface area contributed by atoms with Crippen LogP contribution in [0.1, 0.15) is 20.7 Å². The highest BCUT2D eigenvalue weighted by Gasteiger charge is 2.24. The Morgan fingerprint density at radius 3 is 2.62 bits per heavy atom. The lowest BCUT2D eigenvalue weighted by atomic mass is 10.1. The largest absolute Gasteiger partial charge is 0.482 e. The van der Waals surface area contributed by atoms with Gasteiger partial charge in [-0.2, -0.15) is 0 Å². The highest BCUT2D eigenvalue weighted by molar-refractivity contribution is 6.02. The molecule has 0 radical (unpaired) electrons. The van der Waals surface area contributed by atoms with E-state index in [9.17, 15) is 24.5 Å². The van der Waals surface area contributed by atoms with Gasteiger partial charge in [0.05, 0.1) is 29.4 Å². The molecule has 0 unspecified atom stereocenters. The summed E-state index contributed by atoms with van der Waals surface area (Å²) in [6.07, 6.45) is 0. The number of nitrogens with zero attached hydrogens (tertiary/aromatic N) is 2. The van der Waals surface area contributed by atoms with Crippen LogP contribution in [0, 0.1) is 10.1 Å². The van der Waals surface area contributed by atoms with Crippen LogP contribution in [0.3, 0.4) is 0 Å². The summed E-state index contributed by atoms with van der Waals surface area (Å²) in [5.74, 6) is -1.26. The zero-order valence-corrected chi connectivity index (χ0v) is 16.9. The van der Waals surface area contributed by atoms with Crippen molar-refractivity contribution < 1.29 is 33.5 Å². The first kappa shape index (κ1) is 21.2. The van der Waals surface area contributed by atoms with Gasteiger partial charge in [0.2, 0.25) is 0 Å². The molecular formula is C21H19N3O8. The number of nitrogens with one attached hydrogen (secondary N) is 1. The van der Waals surface area contributed by atoms with Crippen molar-refractivity contribution in [3.05, 3.63) is 57.6 Å². The van der Waals surface area contributed by atoms with E-state index in [1.54, 1.807) is 0 Å². The summed E-state index contributed by atoms with van der Waals surface area (Å²) in [4.78, 5) is 49.1. The number of hydrogen-bond donors (Lipinski definition) is 1. The quantitative estimate of drug-likeness (QED) is 0.308. The van der Waals surface area contributed by atoms with Gasteiger partial charge >= 0.3 is 5.97 Å². The van der Waals surface area contributed by atoms with Gasteiger partial charge in [-0.25, -0.2) is 4.79 Å². The number of benzene rings is 2. The number of ketones is 1. The monoisotopic (exact) mass is 441 g/mol. The topological polar surface area (TPSA) is 137 Å². The maximum atomic E-state index is 12.4. The lowest BCUT2D eigenvalue weighted by molar-refractivity contribution is -0.384. The predicted octanol–water partition coefficient (Wildman–Crippen LogP) is 1.80. The molecular weight excluding hydrogens is 422 g/mol. The smallest absolute Gasteiger partial charge is 0.338 e. The number of nitro benzene ring substituents is 1. The Labute approximate surface area is 182 Å². The fourth-order valence-electron chi connectivity index (χ4n) is 3.42. The average Bonchev–Trinajstić information content (AvgIpc) is 2.81. The first-order valence-corrected chi connectivity index (χ1v) is 9.80. The molecule has 11 heteroatoms. The van der Waals surface area contributed by atoms with Crippen LogP contribution in [-0.4, -0.2) is 62.1 Å². The van der Waals surface area contributed by atoms with Crippen molar-refractivity contribution in [3.8, 4) is 5.75 Å². The van der Waals surface area contributed by atoms with E-state index in [2.05, 4.69) is 5.32 Å². The Bertz CT molecular complexity index is 1090. The van der Waals surface area contributed by atoms with Crippen molar-refractivity contribution in [1.82, 2.24) is 0 Å². The van der Waals surface area contributed by atoms with E-state index in [1.807, 2.05) is 4.90 Å². The number of nitro groups is 1. The van der Waals surface area contributed by atoms with Crippen LogP contribution in [0.25, 0.3) is 0 Å². The second kappa shape index (κ2) is 9.02. The molecule has 0 spiro atoms. The van der Waals surface area contributed by atoms with E-state index < -0.39 is 23.3 Å². The maximum Gasteiger partial charge on any atom is 0.338 e. The van der Waals surface area contributed by atoms with Gasteiger partial charge in [-0.1, -0.05) is 0 Å². The second-order valence-electron chi connectivity index (χ2n) is 7.11. The third kappa shape index (κ3) is 4.52. The van der Waals surface area contributed by atoms with Gasteiger partial charge < -0.3 is 24.4 Å². The summed E-state index contributed by atoms with van der Waals surface area (Å²) in [7, 11) is 0. The predicted molar refractivity (Wildman–Crippen MR) is 111 cm³/mol. The maximum absolute atomic E-state index is 12.4. The van der Waals surface area contributed by atoms with E-state index in [0.717, 1.165) is 6.07 Å². The fraction of sp³-hybridized carbons (Fsp3) is 0.286. The first-order valence-electron chi connectivity index (χ1n) is 9.80. The molecule has 32 heavy (non-hydrogen) atoms. The Morgan fingerprint density at radius 1 is 1.12 bits per heavy atom. The molecule has 11 nitrogen and oxygen atoms in total. The molecule has 2 aromatic carbocycles. The summed E-state index contributed by atoms with van der Waals surface area (Å²) >= 11 is 0. The minimum absolute atomic E-state index is 0.0346. The number of esters is 1. The minimum atomic E-state index is -0.857. The summed E-state index contributed by atoms with van der Waals surface area (Å²) in [6.45, 7) is 1.26. The van der Waals surface area contributed by atoms with E-state index in [4.69, 9.17) is 14.2 Å². The van der Waals surface area contributed by atoms with E-state index in [1.165, 1.54) is 30.3 Å². The molecule has 2 aromatic rings. The number of hydrogen-bond acceptors (Lipinski definition) is 9. The first-order chi connectivity index (χ1) is 15.4. The van der Waals surface area contributed by atoms with Crippen molar-refractivity contribution in [2.75, 3.05) is 49.7 Å². The van der Waals surface area contributed by atoms with E-state index >= 15 is 0 Å². The van der Waals surface area contributed by atoms with Gasteiger partial charge in [-0.3, -0.25) is 19.7 Å². The number of rotatable bonds is 6. The van der Waals surface area contributed by atoms with Crippen molar-refractivity contribution in [1.29, 1.82) is 0 Å². The lowest BCUT2D eigenvalue weighted by Crippen LogP contribution is -2.36. The normalized spacial score (nSPS) is 15.2. The molecule has 0 bridgehead atoms. The van der Waals surface area contributed by atoms with Gasteiger partial charge in [-0.15, -0.1) is 0 Å². The molecule has 0 saturated carbocycles. The Balaban J connectivity index is 1.44. The third-order valence-corrected chi connectivity index (χ3v) is 5.03. The molecule has 0 aromatic heterocycles. The van der Waals surface area contributed by atoms with Crippen LogP contribution in [-0.2, 0) is 14.3 Å². The number of amides is 1. The van der Waals surface area contributed by atoms with Gasteiger partial charge in [0.15, 0.2) is 19.0 Å². The van der Waals surface area contributed by atoms with Crippen molar-refractivity contribution in [2.24, 2.45) is 0 Å². The highest BCUT2D eigenvalue weighted by atomic mass is 16.6. The van der Waals surface area contributed by atoms with Crippen LogP contribution in [0.5, 0.6) is 5.75 Å². The number of anilines is 2. The zero-order valence-electron chi connectivity index (χ0n) is 16.9. The summed E-state index contributed by atoms with van der Waals surface area (Å²) in [5.41, 5.74) is 0.707. The Hall–Kier alpha value is -3.99. The molecule has 2 aliphatic rings. The Kier molecular flexibility index (Phi) is 5.99. The van der Waals surface area contributed by atoms with Crippen molar-refractivity contribution >= 4 is 34.7 Å². The SMILES string of the molecule is O=C1COc2ccc(C(=O)COC(=O)c3ccc(N4CCOCC4)c([N+](=O)[O-])c3)cc2N1. The summed E-state index contributed by atoms with van der Waals surface area (Å²) < 4.78 is 15.6. The summed E-state index contributed by atoms with van der Waals surface area (Å²) in [6, 6.07) is 8.53. The van der Waals surface area contributed by atoms with Crippen LogP contribution in [0.4, 0.5) is 17.1 Å². The van der Waals surface area contributed by atoms with Gasteiger partial charge in [0, 0.05) is 24.7 Å². The van der Waals surface area contributed by atoms with Crippen LogP contribution in [0.2, 0.25) is 0 Å². The highest BCUT2D eigenvalue weighted by Crippen LogP contribution is 2.31. The van der Waals surface area contributed by atoms with Crippen LogP contribution < -0.4 is 15.0 Å².